The van der Waals surface area contributed by atoms with Crippen molar-refractivity contribution in [3.8, 4) is 5.75 Å². The Morgan fingerprint density at radius 3 is 2.63 bits per heavy atom. The van der Waals surface area contributed by atoms with Gasteiger partial charge in [-0.3, -0.25) is 4.79 Å². The van der Waals surface area contributed by atoms with E-state index in [0.29, 0.717) is 13.0 Å². The van der Waals surface area contributed by atoms with E-state index in [1.54, 1.807) is 0 Å². The zero-order valence-corrected chi connectivity index (χ0v) is 18.0. The van der Waals surface area contributed by atoms with E-state index in [2.05, 4.69) is 28.1 Å². The summed E-state index contributed by atoms with van der Waals surface area (Å²) in [6, 6.07) is 18.3. The number of fused-ring (bicyclic) bond motifs is 1. The highest BCUT2D eigenvalue weighted by atomic mass is 16.5. The SMILES string of the molecule is CCCC(=O)NCCCCCc1nc2ccccc2n1CCCOc1ccccc1. The number of nitrogens with zero attached hydrogens (tertiary/aromatic N) is 2. The van der Waals surface area contributed by atoms with Gasteiger partial charge in [-0.2, -0.15) is 0 Å². The monoisotopic (exact) mass is 407 g/mol. The largest absolute Gasteiger partial charge is 0.494 e. The Labute approximate surface area is 179 Å². The molecular weight excluding hydrogens is 374 g/mol. The Balaban J connectivity index is 1.48. The summed E-state index contributed by atoms with van der Waals surface area (Å²) in [6.45, 7) is 4.38. The van der Waals surface area contributed by atoms with Crippen molar-refractivity contribution in [2.75, 3.05) is 13.2 Å². The molecule has 0 aliphatic heterocycles. The first-order chi connectivity index (χ1) is 14.8. The first kappa shape index (κ1) is 21.9. The van der Waals surface area contributed by atoms with E-state index in [1.165, 1.54) is 5.52 Å². The fraction of sp³-hybridized carbons (Fsp3) is 0.440. The van der Waals surface area contributed by atoms with E-state index in [1.807, 2.05) is 43.3 Å². The van der Waals surface area contributed by atoms with Gasteiger partial charge >= 0.3 is 0 Å². The van der Waals surface area contributed by atoms with Gasteiger partial charge in [0.05, 0.1) is 17.6 Å². The van der Waals surface area contributed by atoms with Crippen LogP contribution in [0.1, 0.15) is 51.3 Å². The lowest BCUT2D eigenvalue weighted by molar-refractivity contribution is -0.121. The summed E-state index contributed by atoms with van der Waals surface area (Å²) in [7, 11) is 0. The summed E-state index contributed by atoms with van der Waals surface area (Å²) in [6.07, 6.45) is 6.60. The zero-order valence-electron chi connectivity index (χ0n) is 18.0. The molecule has 0 saturated carbocycles. The molecule has 3 rings (SSSR count). The lowest BCUT2D eigenvalue weighted by atomic mass is 10.2. The second-order valence-corrected chi connectivity index (χ2v) is 7.59. The van der Waals surface area contributed by atoms with Gasteiger partial charge in [0, 0.05) is 25.9 Å². The molecule has 0 spiro atoms. The normalized spacial score (nSPS) is 11.0. The number of carbonyl (C=O) groups excluding carboxylic acids is 1. The average Bonchev–Trinajstić information content (AvgIpc) is 3.12. The molecule has 30 heavy (non-hydrogen) atoms. The highest BCUT2D eigenvalue weighted by Gasteiger charge is 2.10. The molecule has 1 amide bonds. The molecular formula is C25H33N3O2. The van der Waals surface area contributed by atoms with Gasteiger partial charge in [0.1, 0.15) is 11.6 Å². The van der Waals surface area contributed by atoms with Crippen LogP contribution in [0.25, 0.3) is 11.0 Å². The third-order valence-corrected chi connectivity index (χ3v) is 5.15. The van der Waals surface area contributed by atoms with E-state index in [9.17, 15) is 4.79 Å². The van der Waals surface area contributed by atoms with Crippen LogP contribution in [0.5, 0.6) is 5.75 Å². The van der Waals surface area contributed by atoms with Crippen molar-refractivity contribution < 1.29 is 9.53 Å². The molecule has 0 fully saturated rings. The third-order valence-electron chi connectivity index (χ3n) is 5.15. The zero-order chi connectivity index (χ0) is 21.0. The predicted molar refractivity (Wildman–Crippen MR) is 122 cm³/mol. The van der Waals surface area contributed by atoms with Crippen LogP contribution in [0.2, 0.25) is 0 Å². The molecule has 1 N–H and O–H groups in total. The Bertz CT molecular complexity index is 905. The minimum absolute atomic E-state index is 0.164. The third kappa shape index (κ3) is 6.61. The van der Waals surface area contributed by atoms with Gasteiger partial charge in [0.25, 0.3) is 0 Å². The molecule has 0 aliphatic rings. The predicted octanol–water partition coefficient (Wildman–Crippen LogP) is 5.13. The van der Waals surface area contributed by atoms with Crippen molar-refractivity contribution >= 4 is 16.9 Å². The van der Waals surface area contributed by atoms with E-state index >= 15 is 0 Å². The standard InChI is InChI=1S/C25H33N3O2/c1-2-12-25(29)26-18-10-4-7-17-24-27-22-15-8-9-16-23(22)28(24)19-11-20-30-21-13-5-3-6-14-21/h3,5-6,8-9,13-16H,2,4,7,10-12,17-20H2,1H3,(H,26,29). The lowest BCUT2D eigenvalue weighted by Gasteiger charge is -2.11. The summed E-state index contributed by atoms with van der Waals surface area (Å²) >= 11 is 0. The van der Waals surface area contributed by atoms with Gasteiger partial charge in [-0.1, -0.05) is 43.7 Å². The van der Waals surface area contributed by atoms with Gasteiger partial charge in [0.15, 0.2) is 0 Å². The smallest absolute Gasteiger partial charge is 0.219 e. The molecule has 0 radical (unpaired) electrons. The maximum absolute atomic E-state index is 11.5. The highest BCUT2D eigenvalue weighted by Crippen LogP contribution is 2.19. The minimum atomic E-state index is 0.164. The van der Waals surface area contributed by atoms with Crippen molar-refractivity contribution in [1.29, 1.82) is 0 Å². The van der Waals surface area contributed by atoms with Crippen molar-refractivity contribution in [3.05, 3.63) is 60.4 Å². The van der Waals surface area contributed by atoms with Gasteiger partial charge in [-0.25, -0.2) is 4.98 Å². The molecule has 0 saturated heterocycles. The molecule has 0 unspecified atom stereocenters. The van der Waals surface area contributed by atoms with E-state index < -0.39 is 0 Å². The summed E-state index contributed by atoms with van der Waals surface area (Å²) in [4.78, 5) is 16.4. The second kappa shape index (κ2) is 12.0. The molecule has 5 heteroatoms. The number of unbranched alkanes of at least 4 members (excludes halogenated alkanes) is 2. The first-order valence-corrected chi connectivity index (χ1v) is 11.2. The molecule has 0 atom stereocenters. The maximum Gasteiger partial charge on any atom is 0.219 e. The number of aromatic nitrogens is 2. The topological polar surface area (TPSA) is 56.2 Å². The Kier molecular flexibility index (Phi) is 8.76. The van der Waals surface area contributed by atoms with Crippen LogP contribution < -0.4 is 10.1 Å². The number of amides is 1. The Hall–Kier alpha value is -2.82. The molecule has 0 bridgehead atoms. The van der Waals surface area contributed by atoms with E-state index in [0.717, 1.165) is 68.7 Å². The average molecular weight is 408 g/mol. The quantitative estimate of drug-likeness (QED) is 0.399. The van der Waals surface area contributed by atoms with Crippen LogP contribution in [-0.2, 0) is 17.8 Å². The van der Waals surface area contributed by atoms with Crippen LogP contribution in [0.3, 0.4) is 0 Å². The number of nitrogens with one attached hydrogen (secondary N) is 1. The number of imidazole rings is 1. The number of hydrogen-bond donors (Lipinski definition) is 1. The van der Waals surface area contributed by atoms with E-state index in [-0.39, 0.29) is 5.91 Å². The van der Waals surface area contributed by atoms with E-state index in [4.69, 9.17) is 9.72 Å². The second-order valence-electron chi connectivity index (χ2n) is 7.59. The molecule has 2 aromatic carbocycles. The van der Waals surface area contributed by atoms with Crippen LogP contribution in [-0.4, -0.2) is 28.6 Å². The number of aryl methyl sites for hydroxylation is 2. The van der Waals surface area contributed by atoms with Crippen LogP contribution in [0.15, 0.2) is 54.6 Å². The van der Waals surface area contributed by atoms with Crippen LogP contribution in [0, 0.1) is 0 Å². The number of rotatable bonds is 13. The minimum Gasteiger partial charge on any atom is -0.494 e. The number of benzene rings is 2. The summed E-state index contributed by atoms with van der Waals surface area (Å²) in [5.74, 6) is 2.22. The number of hydrogen-bond acceptors (Lipinski definition) is 3. The summed E-state index contributed by atoms with van der Waals surface area (Å²) in [5.41, 5.74) is 2.25. The highest BCUT2D eigenvalue weighted by molar-refractivity contribution is 5.76. The number of carbonyl (C=O) groups is 1. The lowest BCUT2D eigenvalue weighted by Crippen LogP contribution is -2.23. The van der Waals surface area contributed by atoms with Gasteiger partial charge < -0.3 is 14.6 Å². The van der Waals surface area contributed by atoms with Crippen LogP contribution >= 0.6 is 0 Å². The fourth-order valence-electron chi connectivity index (χ4n) is 3.62. The summed E-state index contributed by atoms with van der Waals surface area (Å²) < 4.78 is 8.19. The van der Waals surface area contributed by atoms with Crippen molar-refractivity contribution in [1.82, 2.24) is 14.9 Å². The fourth-order valence-corrected chi connectivity index (χ4v) is 3.62. The molecule has 0 aliphatic carbocycles. The maximum atomic E-state index is 11.5. The Morgan fingerprint density at radius 1 is 1.00 bits per heavy atom. The molecule has 5 nitrogen and oxygen atoms in total. The van der Waals surface area contributed by atoms with Crippen molar-refractivity contribution in [2.45, 2.75) is 58.4 Å². The Morgan fingerprint density at radius 2 is 1.80 bits per heavy atom. The summed E-state index contributed by atoms with van der Waals surface area (Å²) in [5, 5.41) is 2.99. The number of para-hydroxylation sites is 3. The van der Waals surface area contributed by atoms with Gasteiger partial charge in [-0.15, -0.1) is 0 Å². The van der Waals surface area contributed by atoms with Gasteiger partial charge in [-0.05, 0) is 49.9 Å². The molecule has 3 aromatic rings. The van der Waals surface area contributed by atoms with Crippen LogP contribution in [0.4, 0.5) is 0 Å². The van der Waals surface area contributed by atoms with Gasteiger partial charge in [0.2, 0.25) is 5.91 Å². The number of ether oxygens (including phenoxy) is 1. The first-order valence-electron chi connectivity index (χ1n) is 11.2. The van der Waals surface area contributed by atoms with Crippen molar-refractivity contribution in [2.24, 2.45) is 0 Å². The molecule has 1 aromatic heterocycles. The molecule has 1 heterocycles. The van der Waals surface area contributed by atoms with Crippen molar-refractivity contribution in [3.63, 3.8) is 0 Å². The molecule has 160 valence electrons.